The maximum Gasteiger partial charge on any atom is 0.326 e. The van der Waals surface area contributed by atoms with E-state index in [1.807, 2.05) is 6.92 Å². The molecule has 0 saturated carbocycles. The lowest BCUT2D eigenvalue weighted by atomic mass is 10.1. The smallest absolute Gasteiger partial charge is 0.326 e. The Kier molecular flexibility index (Phi) is 3.35. The van der Waals surface area contributed by atoms with Gasteiger partial charge in [0.2, 0.25) is 0 Å². The van der Waals surface area contributed by atoms with Crippen molar-refractivity contribution in [3.05, 3.63) is 0 Å². The number of amides is 1. The normalized spacial score (nSPS) is 37.4. The Morgan fingerprint density at radius 3 is 2.59 bits per heavy atom. The van der Waals surface area contributed by atoms with E-state index in [1.54, 1.807) is 0 Å². The van der Waals surface area contributed by atoms with Gasteiger partial charge in [-0.2, -0.15) is 0 Å². The quantitative estimate of drug-likeness (QED) is 0.689. The first kappa shape index (κ1) is 12.3. The molecule has 0 aromatic rings. The SMILES string of the molecule is CC1CCC(C(=O)N2C[C@@H](O)C[C@H]2C(=O)O)O1. The first-order chi connectivity index (χ1) is 7.99. The number of aliphatic hydroxyl groups is 1. The summed E-state index contributed by atoms with van der Waals surface area (Å²) in [5, 5.41) is 18.5. The predicted molar refractivity (Wildman–Crippen MR) is 57.3 cm³/mol. The van der Waals surface area contributed by atoms with Gasteiger partial charge in [-0.15, -0.1) is 0 Å². The predicted octanol–water partition coefficient (Wildman–Crippen LogP) is -0.400. The van der Waals surface area contributed by atoms with Crippen molar-refractivity contribution in [3.63, 3.8) is 0 Å². The molecule has 17 heavy (non-hydrogen) atoms. The summed E-state index contributed by atoms with van der Waals surface area (Å²) in [6.07, 6.45) is 0.281. The number of rotatable bonds is 2. The zero-order chi connectivity index (χ0) is 12.6. The van der Waals surface area contributed by atoms with Crippen LogP contribution in [-0.4, -0.2) is 57.9 Å². The van der Waals surface area contributed by atoms with Gasteiger partial charge in [0.05, 0.1) is 12.2 Å². The van der Waals surface area contributed by atoms with Crippen molar-refractivity contribution >= 4 is 11.9 Å². The average Bonchev–Trinajstić information content (AvgIpc) is 2.83. The van der Waals surface area contributed by atoms with E-state index in [0.29, 0.717) is 6.42 Å². The molecule has 0 aromatic carbocycles. The maximum absolute atomic E-state index is 12.1. The average molecular weight is 243 g/mol. The Bertz CT molecular complexity index is 332. The minimum atomic E-state index is -1.07. The molecule has 2 N–H and O–H groups in total. The molecule has 96 valence electrons. The number of aliphatic hydroxyl groups excluding tert-OH is 1. The van der Waals surface area contributed by atoms with Crippen LogP contribution in [-0.2, 0) is 14.3 Å². The number of likely N-dealkylation sites (tertiary alicyclic amines) is 1. The fourth-order valence-corrected chi connectivity index (χ4v) is 2.46. The summed E-state index contributed by atoms with van der Waals surface area (Å²) in [6.45, 7) is 1.98. The molecule has 2 aliphatic heterocycles. The number of nitrogens with zero attached hydrogens (tertiary/aromatic N) is 1. The molecular formula is C11H17NO5. The van der Waals surface area contributed by atoms with E-state index in [2.05, 4.69) is 0 Å². The summed E-state index contributed by atoms with van der Waals surface area (Å²) >= 11 is 0. The maximum atomic E-state index is 12.1. The lowest BCUT2D eigenvalue weighted by Gasteiger charge is -2.24. The number of aliphatic carboxylic acids is 1. The molecule has 2 unspecified atom stereocenters. The third-order valence-electron chi connectivity index (χ3n) is 3.35. The Balaban J connectivity index is 2.05. The molecule has 2 heterocycles. The van der Waals surface area contributed by atoms with Gasteiger partial charge in [0.1, 0.15) is 12.1 Å². The molecule has 2 rings (SSSR count). The van der Waals surface area contributed by atoms with Crippen molar-refractivity contribution in [1.29, 1.82) is 0 Å². The van der Waals surface area contributed by atoms with Crippen molar-refractivity contribution < 1.29 is 24.5 Å². The highest BCUT2D eigenvalue weighted by Gasteiger charge is 2.42. The fourth-order valence-electron chi connectivity index (χ4n) is 2.46. The van der Waals surface area contributed by atoms with E-state index in [-0.39, 0.29) is 25.0 Å². The van der Waals surface area contributed by atoms with Gasteiger partial charge in [0.15, 0.2) is 0 Å². The Morgan fingerprint density at radius 1 is 1.35 bits per heavy atom. The van der Waals surface area contributed by atoms with E-state index in [9.17, 15) is 14.7 Å². The largest absolute Gasteiger partial charge is 0.480 e. The van der Waals surface area contributed by atoms with Gasteiger partial charge in [0, 0.05) is 13.0 Å². The van der Waals surface area contributed by atoms with Crippen LogP contribution < -0.4 is 0 Å². The second-order valence-electron chi connectivity index (χ2n) is 4.75. The van der Waals surface area contributed by atoms with Gasteiger partial charge in [-0.3, -0.25) is 4.79 Å². The van der Waals surface area contributed by atoms with Crippen molar-refractivity contribution in [3.8, 4) is 0 Å². The Hall–Kier alpha value is -1.14. The zero-order valence-corrected chi connectivity index (χ0v) is 9.70. The van der Waals surface area contributed by atoms with Crippen LogP contribution in [0.15, 0.2) is 0 Å². The van der Waals surface area contributed by atoms with Crippen molar-refractivity contribution in [1.82, 2.24) is 4.90 Å². The standard InChI is InChI=1S/C11H17NO5/c1-6-2-3-9(17-6)10(14)12-5-7(13)4-8(12)11(15)16/h6-9,13H,2-5H2,1H3,(H,15,16)/t6?,7-,8-,9?/m0/s1. The molecule has 0 aromatic heterocycles. The van der Waals surface area contributed by atoms with Crippen LogP contribution in [0.1, 0.15) is 26.2 Å². The molecule has 6 nitrogen and oxygen atoms in total. The van der Waals surface area contributed by atoms with Gasteiger partial charge in [-0.25, -0.2) is 4.79 Å². The second-order valence-corrected chi connectivity index (χ2v) is 4.75. The highest BCUT2D eigenvalue weighted by atomic mass is 16.5. The number of ether oxygens (including phenoxy) is 1. The number of carboxylic acids is 1. The number of carbonyl (C=O) groups is 2. The Morgan fingerprint density at radius 2 is 2.06 bits per heavy atom. The summed E-state index contributed by atoms with van der Waals surface area (Å²) < 4.78 is 5.43. The lowest BCUT2D eigenvalue weighted by molar-refractivity contribution is -0.153. The van der Waals surface area contributed by atoms with Gasteiger partial charge in [-0.05, 0) is 19.8 Å². The van der Waals surface area contributed by atoms with E-state index < -0.39 is 24.2 Å². The molecule has 4 atom stereocenters. The highest BCUT2D eigenvalue weighted by molar-refractivity contribution is 5.87. The molecule has 2 aliphatic rings. The molecular weight excluding hydrogens is 226 g/mol. The third-order valence-corrected chi connectivity index (χ3v) is 3.35. The number of hydrogen-bond acceptors (Lipinski definition) is 4. The van der Waals surface area contributed by atoms with Crippen LogP contribution in [0.2, 0.25) is 0 Å². The Labute approximate surface area is 99.2 Å². The first-order valence-corrected chi connectivity index (χ1v) is 5.86. The van der Waals surface area contributed by atoms with Crippen LogP contribution in [0.4, 0.5) is 0 Å². The summed E-state index contributed by atoms with van der Waals surface area (Å²) in [4.78, 5) is 24.3. The molecule has 0 bridgehead atoms. The van der Waals surface area contributed by atoms with Crippen LogP contribution in [0.5, 0.6) is 0 Å². The van der Waals surface area contributed by atoms with Crippen LogP contribution in [0.3, 0.4) is 0 Å². The second kappa shape index (κ2) is 4.62. The van der Waals surface area contributed by atoms with E-state index in [1.165, 1.54) is 4.90 Å². The van der Waals surface area contributed by atoms with Gasteiger partial charge < -0.3 is 19.8 Å². The zero-order valence-electron chi connectivity index (χ0n) is 9.70. The molecule has 0 radical (unpaired) electrons. The number of carboxylic acid groups (broad SMARTS) is 1. The molecule has 0 aliphatic carbocycles. The van der Waals surface area contributed by atoms with Crippen LogP contribution in [0, 0.1) is 0 Å². The summed E-state index contributed by atoms with van der Waals surface area (Å²) in [5.74, 6) is -1.38. The minimum Gasteiger partial charge on any atom is -0.480 e. The molecule has 2 saturated heterocycles. The van der Waals surface area contributed by atoms with Gasteiger partial charge in [0.25, 0.3) is 5.91 Å². The van der Waals surface area contributed by atoms with Gasteiger partial charge in [-0.1, -0.05) is 0 Å². The summed E-state index contributed by atoms with van der Waals surface area (Å²) in [7, 11) is 0. The third kappa shape index (κ3) is 2.42. The monoisotopic (exact) mass is 243 g/mol. The number of carbonyl (C=O) groups excluding carboxylic acids is 1. The summed E-state index contributed by atoms with van der Waals surface area (Å²) in [5.41, 5.74) is 0. The topological polar surface area (TPSA) is 87.1 Å². The minimum absolute atomic E-state index is 0.0414. The van der Waals surface area contributed by atoms with Gasteiger partial charge >= 0.3 is 5.97 Å². The fraction of sp³-hybridized carbons (Fsp3) is 0.818. The van der Waals surface area contributed by atoms with Crippen molar-refractivity contribution in [2.75, 3.05) is 6.54 Å². The van der Waals surface area contributed by atoms with E-state index >= 15 is 0 Å². The highest BCUT2D eigenvalue weighted by Crippen LogP contribution is 2.25. The van der Waals surface area contributed by atoms with E-state index in [4.69, 9.17) is 9.84 Å². The molecule has 2 fully saturated rings. The van der Waals surface area contributed by atoms with Crippen LogP contribution in [0.25, 0.3) is 0 Å². The number of β-amino-alcohol motifs (C(OH)–C–C–N with tert-alkyl or cyclic N) is 1. The molecule has 6 heteroatoms. The summed E-state index contributed by atoms with van der Waals surface area (Å²) in [6, 6.07) is -0.919. The van der Waals surface area contributed by atoms with Crippen molar-refractivity contribution in [2.45, 2.75) is 50.5 Å². The number of hydrogen-bond donors (Lipinski definition) is 2. The van der Waals surface area contributed by atoms with Crippen LogP contribution >= 0.6 is 0 Å². The first-order valence-electron chi connectivity index (χ1n) is 5.86. The molecule has 1 amide bonds. The van der Waals surface area contributed by atoms with E-state index in [0.717, 1.165) is 6.42 Å². The molecule has 0 spiro atoms. The lowest BCUT2D eigenvalue weighted by Crippen LogP contribution is -2.45. The van der Waals surface area contributed by atoms with Crippen molar-refractivity contribution in [2.24, 2.45) is 0 Å².